The molecule has 1 aromatic heterocycles. The predicted octanol–water partition coefficient (Wildman–Crippen LogP) is 3.02. The van der Waals surface area contributed by atoms with Gasteiger partial charge in [-0.1, -0.05) is 54.6 Å². The molecule has 0 radical (unpaired) electrons. The molecule has 0 aliphatic carbocycles. The number of carbonyl (C=O) groups is 1. The fraction of sp³-hybridized carbons (Fsp3) is 0.111. The lowest BCUT2D eigenvalue weighted by atomic mass is 10.00. The number of carbonyl (C=O) groups excluding carboxylic acids is 1. The van der Waals surface area contributed by atoms with Gasteiger partial charge in [0, 0.05) is 23.6 Å². The molecule has 1 heterocycles. The van der Waals surface area contributed by atoms with Crippen LogP contribution in [0, 0.1) is 0 Å². The molecular formula is C18H15NO2. The van der Waals surface area contributed by atoms with Crippen molar-refractivity contribution >= 4 is 16.6 Å². The largest absolute Gasteiger partial charge is 0.385 e. The SMILES string of the molecule is O=C(c1ccccc1)C(O)Cc1nccc2ccccc12. The number of rotatable bonds is 4. The zero-order chi connectivity index (χ0) is 14.7. The van der Waals surface area contributed by atoms with Crippen molar-refractivity contribution in [3.8, 4) is 0 Å². The van der Waals surface area contributed by atoms with Crippen molar-refractivity contribution < 1.29 is 9.90 Å². The molecule has 0 spiro atoms. The van der Waals surface area contributed by atoms with E-state index in [1.54, 1.807) is 30.5 Å². The number of ketones is 1. The van der Waals surface area contributed by atoms with Crippen molar-refractivity contribution in [1.82, 2.24) is 4.98 Å². The Balaban J connectivity index is 1.87. The molecule has 3 rings (SSSR count). The molecule has 0 amide bonds. The smallest absolute Gasteiger partial charge is 0.191 e. The second-order valence-electron chi connectivity index (χ2n) is 4.93. The van der Waals surface area contributed by atoms with Crippen LogP contribution in [0.15, 0.2) is 66.9 Å². The van der Waals surface area contributed by atoms with Gasteiger partial charge in [-0.2, -0.15) is 0 Å². The second kappa shape index (κ2) is 5.85. The predicted molar refractivity (Wildman–Crippen MR) is 82.2 cm³/mol. The topological polar surface area (TPSA) is 50.2 Å². The van der Waals surface area contributed by atoms with Crippen molar-refractivity contribution in [3.63, 3.8) is 0 Å². The standard InChI is InChI=1S/C18H15NO2/c20-17(18(21)14-7-2-1-3-8-14)12-16-15-9-5-4-6-13(15)10-11-19-16/h1-11,17,20H,12H2. The van der Waals surface area contributed by atoms with Gasteiger partial charge in [0.05, 0.1) is 5.69 Å². The summed E-state index contributed by atoms with van der Waals surface area (Å²) in [4.78, 5) is 16.5. The molecule has 0 bridgehead atoms. The molecule has 1 N–H and O–H groups in total. The fourth-order valence-corrected chi connectivity index (χ4v) is 2.42. The summed E-state index contributed by atoms with van der Waals surface area (Å²) in [7, 11) is 0. The van der Waals surface area contributed by atoms with Crippen LogP contribution in [0.3, 0.4) is 0 Å². The van der Waals surface area contributed by atoms with E-state index in [-0.39, 0.29) is 12.2 Å². The van der Waals surface area contributed by atoms with Crippen LogP contribution in [-0.4, -0.2) is 22.0 Å². The highest BCUT2D eigenvalue weighted by atomic mass is 16.3. The molecule has 21 heavy (non-hydrogen) atoms. The van der Waals surface area contributed by atoms with Crippen LogP contribution < -0.4 is 0 Å². The summed E-state index contributed by atoms with van der Waals surface area (Å²) in [6.45, 7) is 0. The van der Waals surface area contributed by atoms with Gasteiger partial charge < -0.3 is 5.11 Å². The molecule has 0 saturated carbocycles. The summed E-state index contributed by atoms with van der Waals surface area (Å²) in [6, 6.07) is 18.6. The molecule has 0 fully saturated rings. The first-order chi connectivity index (χ1) is 10.3. The highest BCUT2D eigenvalue weighted by Gasteiger charge is 2.18. The van der Waals surface area contributed by atoms with Gasteiger partial charge in [0.2, 0.25) is 0 Å². The van der Waals surface area contributed by atoms with E-state index >= 15 is 0 Å². The molecule has 0 aliphatic heterocycles. The van der Waals surface area contributed by atoms with Crippen LogP contribution in [0.5, 0.6) is 0 Å². The van der Waals surface area contributed by atoms with Gasteiger partial charge in [-0.25, -0.2) is 0 Å². The van der Waals surface area contributed by atoms with Gasteiger partial charge in [-0.15, -0.1) is 0 Å². The first-order valence-corrected chi connectivity index (χ1v) is 6.85. The number of fused-ring (bicyclic) bond motifs is 1. The first kappa shape index (κ1) is 13.5. The number of aliphatic hydroxyl groups excluding tert-OH is 1. The Labute approximate surface area is 122 Å². The molecule has 0 aliphatic rings. The molecular weight excluding hydrogens is 262 g/mol. The summed E-state index contributed by atoms with van der Waals surface area (Å²) in [5.41, 5.74) is 1.26. The Morgan fingerprint density at radius 2 is 1.71 bits per heavy atom. The lowest BCUT2D eigenvalue weighted by Crippen LogP contribution is -2.23. The minimum absolute atomic E-state index is 0.217. The third-order valence-corrected chi connectivity index (χ3v) is 3.50. The van der Waals surface area contributed by atoms with E-state index in [0.717, 1.165) is 16.5 Å². The van der Waals surface area contributed by atoms with Crippen molar-refractivity contribution in [2.45, 2.75) is 12.5 Å². The summed E-state index contributed by atoms with van der Waals surface area (Å²) in [5.74, 6) is -0.273. The Morgan fingerprint density at radius 1 is 1.00 bits per heavy atom. The van der Waals surface area contributed by atoms with Crippen LogP contribution in [0.25, 0.3) is 10.8 Å². The molecule has 1 unspecified atom stereocenters. The van der Waals surface area contributed by atoms with Crippen molar-refractivity contribution in [2.75, 3.05) is 0 Å². The minimum atomic E-state index is -1.08. The number of hydrogen-bond acceptors (Lipinski definition) is 3. The summed E-state index contributed by atoms with van der Waals surface area (Å²) < 4.78 is 0. The Bertz CT molecular complexity index is 763. The Morgan fingerprint density at radius 3 is 2.52 bits per heavy atom. The Kier molecular flexibility index (Phi) is 3.75. The summed E-state index contributed by atoms with van der Waals surface area (Å²) in [5, 5.41) is 12.2. The third kappa shape index (κ3) is 2.83. The maximum absolute atomic E-state index is 12.2. The van der Waals surface area contributed by atoms with Gasteiger partial charge in [-0.05, 0) is 11.5 Å². The maximum atomic E-state index is 12.2. The van der Waals surface area contributed by atoms with Gasteiger partial charge >= 0.3 is 0 Å². The quantitative estimate of drug-likeness (QED) is 0.746. The van der Waals surface area contributed by atoms with Crippen molar-refractivity contribution in [2.24, 2.45) is 0 Å². The molecule has 104 valence electrons. The highest BCUT2D eigenvalue weighted by Crippen LogP contribution is 2.18. The van der Waals surface area contributed by atoms with Gasteiger partial charge in [-0.3, -0.25) is 9.78 Å². The molecule has 3 aromatic rings. The van der Waals surface area contributed by atoms with Crippen LogP contribution in [0.1, 0.15) is 16.1 Å². The van der Waals surface area contributed by atoms with E-state index in [0.29, 0.717) is 5.56 Å². The number of aromatic nitrogens is 1. The number of benzene rings is 2. The number of pyridine rings is 1. The average Bonchev–Trinajstić information content (AvgIpc) is 2.55. The number of Topliss-reactive ketones (excluding diaryl/α,β-unsaturated/α-hetero) is 1. The molecule has 2 aromatic carbocycles. The lowest BCUT2D eigenvalue weighted by molar-refractivity contribution is 0.0747. The molecule has 3 nitrogen and oxygen atoms in total. The van der Waals surface area contributed by atoms with Gasteiger partial charge in [0.15, 0.2) is 5.78 Å². The van der Waals surface area contributed by atoms with E-state index in [2.05, 4.69) is 4.98 Å². The van der Waals surface area contributed by atoms with Gasteiger partial charge in [0.1, 0.15) is 6.10 Å². The summed E-state index contributed by atoms with van der Waals surface area (Å²) in [6.07, 6.45) is 0.845. The second-order valence-corrected chi connectivity index (χ2v) is 4.93. The average molecular weight is 277 g/mol. The fourth-order valence-electron chi connectivity index (χ4n) is 2.42. The molecule has 0 saturated heterocycles. The minimum Gasteiger partial charge on any atom is -0.385 e. The Hall–Kier alpha value is -2.52. The van der Waals surface area contributed by atoms with Crippen LogP contribution in [0.2, 0.25) is 0 Å². The first-order valence-electron chi connectivity index (χ1n) is 6.85. The third-order valence-electron chi connectivity index (χ3n) is 3.50. The molecule has 1 atom stereocenters. The normalized spacial score (nSPS) is 12.2. The lowest BCUT2D eigenvalue weighted by Gasteiger charge is -2.11. The zero-order valence-corrected chi connectivity index (χ0v) is 11.4. The number of nitrogens with zero attached hydrogens (tertiary/aromatic N) is 1. The zero-order valence-electron chi connectivity index (χ0n) is 11.4. The van der Waals surface area contributed by atoms with Gasteiger partial charge in [0.25, 0.3) is 0 Å². The number of aliphatic hydroxyl groups is 1. The van der Waals surface area contributed by atoms with E-state index in [9.17, 15) is 9.90 Å². The van der Waals surface area contributed by atoms with Crippen molar-refractivity contribution in [3.05, 3.63) is 78.1 Å². The van der Waals surface area contributed by atoms with Crippen LogP contribution >= 0.6 is 0 Å². The van der Waals surface area contributed by atoms with E-state index in [1.807, 2.05) is 36.4 Å². The van der Waals surface area contributed by atoms with E-state index in [1.165, 1.54) is 0 Å². The maximum Gasteiger partial charge on any atom is 0.191 e. The number of hydrogen-bond donors (Lipinski definition) is 1. The van der Waals surface area contributed by atoms with Crippen LogP contribution in [0.4, 0.5) is 0 Å². The highest BCUT2D eigenvalue weighted by molar-refractivity contribution is 5.99. The van der Waals surface area contributed by atoms with Crippen molar-refractivity contribution in [1.29, 1.82) is 0 Å². The monoisotopic (exact) mass is 277 g/mol. The summed E-state index contributed by atoms with van der Waals surface area (Å²) >= 11 is 0. The molecule has 3 heteroatoms. The van der Waals surface area contributed by atoms with E-state index in [4.69, 9.17) is 0 Å². The van der Waals surface area contributed by atoms with E-state index < -0.39 is 6.10 Å². The van der Waals surface area contributed by atoms with Crippen LogP contribution in [-0.2, 0) is 6.42 Å².